The molecule has 3 amide bonds. The highest BCUT2D eigenvalue weighted by molar-refractivity contribution is 5.87. The summed E-state index contributed by atoms with van der Waals surface area (Å²) in [7, 11) is 3.93. The fourth-order valence-corrected chi connectivity index (χ4v) is 3.00. The van der Waals surface area contributed by atoms with Gasteiger partial charge in [0.1, 0.15) is 0 Å². The summed E-state index contributed by atoms with van der Waals surface area (Å²) in [6, 6.07) is 0.205. The summed E-state index contributed by atoms with van der Waals surface area (Å²) in [6.07, 6.45) is 7.54. The molecule has 2 aliphatic heterocycles. The third kappa shape index (κ3) is 5.02. The number of carbonyl (C=O) groups is 2. The smallest absolute Gasteiger partial charge is 0.320 e. The average Bonchev–Trinajstić information content (AvgIpc) is 3.00. The summed E-state index contributed by atoms with van der Waals surface area (Å²) in [4.78, 5) is 30.1. The molecule has 0 aromatic heterocycles. The highest BCUT2D eigenvalue weighted by atomic mass is 16.2. The van der Waals surface area contributed by atoms with Crippen LogP contribution in [0.5, 0.6) is 0 Å². The fourth-order valence-electron chi connectivity index (χ4n) is 3.00. The minimum Gasteiger partial charge on any atom is -0.348 e. The van der Waals surface area contributed by atoms with Gasteiger partial charge < -0.3 is 20.0 Å². The Morgan fingerprint density at radius 1 is 1.14 bits per heavy atom. The topological polar surface area (TPSA) is 55.9 Å². The summed E-state index contributed by atoms with van der Waals surface area (Å²) in [5.74, 6) is -0.0673. The van der Waals surface area contributed by atoms with Crippen LogP contribution in [0.3, 0.4) is 0 Å². The van der Waals surface area contributed by atoms with E-state index in [2.05, 4.69) is 5.32 Å². The van der Waals surface area contributed by atoms with Crippen LogP contribution in [0, 0.1) is 0 Å². The minimum atomic E-state index is -0.0673. The monoisotopic (exact) mass is 308 g/mol. The zero-order chi connectivity index (χ0) is 15.9. The Balaban J connectivity index is 1.78. The second-order valence-corrected chi connectivity index (χ2v) is 6.44. The molecule has 2 rings (SSSR count). The molecule has 1 N–H and O–H groups in total. The van der Waals surface area contributed by atoms with Crippen molar-refractivity contribution in [1.82, 2.24) is 20.0 Å². The second kappa shape index (κ2) is 8.17. The summed E-state index contributed by atoms with van der Waals surface area (Å²) in [6.45, 7) is 3.93. The maximum absolute atomic E-state index is 12.4. The molecule has 6 heteroatoms. The van der Waals surface area contributed by atoms with E-state index in [0.717, 1.165) is 51.9 Å². The minimum absolute atomic E-state index is 0.0665. The highest BCUT2D eigenvalue weighted by Crippen LogP contribution is 2.15. The predicted molar refractivity (Wildman–Crippen MR) is 86.6 cm³/mol. The molecule has 2 aliphatic rings. The Hall–Kier alpha value is -1.56. The molecule has 0 aliphatic carbocycles. The zero-order valence-electron chi connectivity index (χ0n) is 13.8. The number of likely N-dealkylation sites (tertiary alicyclic amines) is 2. The maximum Gasteiger partial charge on any atom is 0.320 e. The number of carbonyl (C=O) groups excluding carboxylic acids is 2. The van der Waals surface area contributed by atoms with Crippen LogP contribution in [-0.4, -0.2) is 79.5 Å². The van der Waals surface area contributed by atoms with Crippen LogP contribution < -0.4 is 5.32 Å². The van der Waals surface area contributed by atoms with Gasteiger partial charge in [-0.15, -0.1) is 0 Å². The number of likely N-dealkylation sites (N-methyl/N-ethyl adjacent to an activating group) is 1. The van der Waals surface area contributed by atoms with Crippen LogP contribution >= 0.6 is 0 Å². The van der Waals surface area contributed by atoms with Gasteiger partial charge >= 0.3 is 6.03 Å². The first-order chi connectivity index (χ1) is 10.6. The SMILES string of the molecule is CN(C)C/C=C/C(=O)NC1CCCN(C(=O)N2CCCC2)C1. The van der Waals surface area contributed by atoms with Gasteiger partial charge in [-0.25, -0.2) is 4.79 Å². The zero-order valence-corrected chi connectivity index (χ0v) is 13.8. The molecule has 2 fully saturated rings. The van der Waals surface area contributed by atoms with E-state index >= 15 is 0 Å². The third-order valence-electron chi connectivity index (χ3n) is 4.15. The molecule has 1 unspecified atom stereocenters. The molecule has 1 atom stereocenters. The lowest BCUT2D eigenvalue weighted by atomic mass is 10.1. The summed E-state index contributed by atoms with van der Waals surface area (Å²) in [5, 5.41) is 3.01. The van der Waals surface area contributed by atoms with Crippen molar-refractivity contribution in [2.45, 2.75) is 31.7 Å². The van der Waals surface area contributed by atoms with Crippen molar-refractivity contribution in [2.24, 2.45) is 0 Å². The van der Waals surface area contributed by atoms with Crippen LogP contribution in [-0.2, 0) is 4.79 Å². The van der Waals surface area contributed by atoms with Crippen molar-refractivity contribution in [3.05, 3.63) is 12.2 Å². The van der Waals surface area contributed by atoms with Gasteiger partial charge in [-0.3, -0.25) is 4.79 Å². The summed E-state index contributed by atoms with van der Waals surface area (Å²) < 4.78 is 0. The van der Waals surface area contributed by atoms with Crippen molar-refractivity contribution >= 4 is 11.9 Å². The van der Waals surface area contributed by atoms with E-state index in [9.17, 15) is 9.59 Å². The maximum atomic E-state index is 12.4. The van der Waals surface area contributed by atoms with E-state index in [0.29, 0.717) is 6.54 Å². The molecule has 124 valence electrons. The first kappa shape index (κ1) is 16.8. The van der Waals surface area contributed by atoms with Gasteiger partial charge in [0.25, 0.3) is 0 Å². The van der Waals surface area contributed by atoms with Crippen molar-refractivity contribution < 1.29 is 9.59 Å². The normalized spacial score (nSPS) is 22.6. The Morgan fingerprint density at radius 2 is 1.82 bits per heavy atom. The molecule has 0 bridgehead atoms. The van der Waals surface area contributed by atoms with Gasteiger partial charge in [-0.2, -0.15) is 0 Å². The summed E-state index contributed by atoms with van der Waals surface area (Å²) >= 11 is 0. The lowest BCUT2D eigenvalue weighted by molar-refractivity contribution is -0.117. The molecular formula is C16H28N4O2. The van der Waals surface area contributed by atoms with E-state index in [4.69, 9.17) is 0 Å². The fraction of sp³-hybridized carbons (Fsp3) is 0.750. The van der Waals surface area contributed by atoms with E-state index < -0.39 is 0 Å². The van der Waals surface area contributed by atoms with Crippen LogP contribution in [0.15, 0.2) is 12.2 Å². The van der Waals surface area contributed by atoms with Crippen molar-refractivity contribution in [2.75, 3.05) is 46.8 Å². The van der Waals surface area contributed by atoms with Crippen molar-refractivity contribution in [3.8, 4) is 0 Å². The molecule has 0 aromatic rings. The summed E-state index contributed by atoms with van der Waals surface area (Å²) in [5.41, 5.74) is 0. The van der Waals surface area contributed by atoms with Gasteiger partial charge in [0.05, 0.1) is 0 Å². The van der Waals surface area contributed by atoms with Crippen LogP contribution in [0.4, 0.5) is 4.79 Å². The van der Waals surface area contributed by atoms with Crippen LogP contribution in [0.25, 0.3) is 0 Å². The molecule has 0 spiro atoms. The first-order valence-corrected chi connectivity index (χ1v) is 8.22. The molecule has 0 radical (unpaired) electrons. The molecule has 0 saturated carbocycles. The largest absolute Gasteiger partial charge is 0.348 e. The predicted octanol–water partition coefficient (Wildman–Crippen LogP) is 0.901. The van der Waals surface area contributed by atoms with Crippen molar-refractivity contribution in [1.29, 1.82) is 0 Å². The number of nitrogens with one attached hydrogen (secondary N) is 1. The quantitative estimate of drug-likeness (QED) is 0.785. The number of amides is 3. The van der Waals surface area contributed by atoms with E-state index in [1.807, 2.05) is 34.9 Å². The highest BCUT2D eigenvalue weighted by Gasteiger charge is 2.28. The lowest BCUT2D eigenvalue weighted by Gasteiger charge is -2.35. The van der Waals surface area contributed by atoms with Gasteiger partial charge in [0.15, 0.2) is 0 Å². The third-order valence-corrected chi connectivity index (χ3v) is 4.15. The number of urea groups is 1. The van der Waals surface area contributed by atoms with Gasteiger partial charge in [0.2, 0.25) is 5.91 Å². The van der Waals surface area contributed by atoms with Gasteiger partial charge in [-0.1, -0.05) is 6.08 Å². The number of rotatable bonds is 4. The van der Waals surface area contributed by atoms with E-state index in [-0.39, 0.29) is 18.0 Å². The van der Waals surface area contributed by atoms with E-state index in [1.54, 1.807) is 6.08 Å². The Morgan fingerprint density at radius 3 is 2.50 bits per heavy atom. The average molecular weight is 308 g/mol. The molecule has 6 nitrogen and oxygen atoms in total. The number of hydrogen-bond acceptors (Lipinski definition) is 3. The van der Waals surface area contributed by atoms with Crippen LogP contribution in [0.1, 0.15) is 25.7 Å². The number of piperidine rings is 1. The standard InChI is InChI=1S/C16H28N4O2/c1-18(2)9-6-8-15(21)17-14-7-5-12-20(13-14)16(22)19-10-3-4-11-19/h6,8,14H,3-5,7,9-13H2,1-2H3,(H,17,21)/b8-6+. The molecular weight excluding hydrogens is 280 g/mol. The second-order valence-electron chi connectivity index (χ2n) is 6.44. The molecule has 22 heavy (non-hydrogen) atoms. The Kier molecular flexibility index (Phi) is 6.24. The van der Waals surface area contributed by atoms with Gasteiger partial charge in [0, 0.05) is 44.8 Å². The first-order valence-electron chi connectivity index (χ1n) is 8.22. The number of nitrogens with zero attached hydrogens (tertiary/aromatic N) is 3. The number of hydrogen-bond donors (Lipinski definition) is 1. The molecule has 0 aromatic carbocycles. The lowest BCUT2D eigenvalue weighted by Crippen LogP contribution is -2.52. The van der Waals surface area contributed by atoms with Crippen molar-refractivity contribution in [3.63, 3.8) is 0 Å². The molecule has 2 heterocycles. The van der Waals surface area contributed by atoms with Gasteiger partial charge in [-0.05, 0) is 39.8 Å². The van der Waals surface area contributed by atoms with Crippen LogP contribution in [0.2, 0.25) is 0 Å². The molecule has 2 saturated heterocycles. The van der Waals surface area contributed by atoms with E-state index in [1.165, 1.54) is 0 Å². The Labute approximate surface area is 133 Å². The Bertz CT molecular complexity index is 416.